The van der Waals surface area contributed by atoms with Crippen molar-refractivity contribution in [3.8, 4) is 0 Å². The fraction of sp³-hybridized carbons (Fsp3) is 0.679. The number of esters is 3. The van der Waals surface area contributed by atoms with Gasteiger partial charge in [0.2, 0.25) is 0 Å². The minimum Gasteiger partial charge on any atom is -0.462 e. The molecule has 0 aliphatic rings. The highest BCUT2D eigenvalue weighted by Crippen LogP contribution is 2.14. The molecule has 0 aliphatic heterocycles. The average Bonchev–Trinajstić information content (AvgIpc) is 3.23. The number of hydrogen-bond donors (Lipinski definition) is 0. The van der Waals surface area contributed by atoms with Crippen LogP contribution in [0, 0.1) is 0 Å². The van der Waals surface area contributed by atoms with Gasteiger partial charge in [-0.15, -0.1) is 0 Å². The summed E-state index contributed by atoms with van der Waals surface area (Å²) in [6, 6.07) is 0. The summed E-state index contributed by atoms with van der Waals surface area (Å²) in [6.45, 7) is 6.38. The fourth-order valence-corrected chi connectivity index (χ4v) is 6.40. The molecule has 0 saturated carbocycles. The Bertz CT molecular complexity index is 1170. The second kappa shape index (κ2) is 47.3. The van der Waals surface area contributed by atoms with Crippen LogP contribution in [0.15, 0.2) is 85.1 Å². The molecule has 1 unspecified atom stereocenters. The third kappa shape index (κ3) is 45.5. The Kier molecular flexibility index (Phi) is 44.5. The summed E-state index contributed by atoms with van der Waals surface area (Å²) in [7, 11) is 0. The Morgan fingerprint density at radius 3 is 1.14 bits per heavy atom. The lowest BCUT2D eigenvalue weighted by Crippen LogP contribution is -2.30. The lowest BCUT2D eigenvalue weighted by molar-refractivity contribution is -0.167. The first-order chi connectivity index (χ1) is 29.0. The van der Waals surface area contributed by atoms with Crippen LogP contribution < -0.4 is 0 Å². The third-order valence-corrected chi connectivity index (χ3v) is 10.0. The van der Waals surface area contributed by atoms with Crippen molar-refractivity contribution in [1.82, 2.24) is 0 Å². The highest BCUT2D eigenvalue weighted by Gasteiger charge is 2.19. The Balaban J connectivity index is 4.50. The van der Waals surface area contributed by atoms with Crippen molar-refractivity contribution in [2.45, 2.75) is 219 Å². The van der Waals surface area contributed by atoms with Gasteiger partial charge in [-0.05, 0) is 57.8 Å². The van der Waals surface area contributed by atoms with Crippen molar-refractivity contribution >= 4 is 17.9 Å². The Hall–Kier alpha value is -3.41. The van der Waals surface area contributed by atoms with Crippen LogP contribution in [0.3, 0.4) is 0 Å². The molecular formula is C53H88O6. The number of allylic oxidation sites excluding steroid dienone is 14. The van der Waals surface area contributed by atoms with Crippen LogP contribution in [0.25, 0.3) is 0 Å². The van der Waals surface area contributed by atoms with Gasteiger partial charge in [-0.3, -0.25) is 14.4 Å². The maximum Gasteiger partial charge on any atom is 0.306 e. The first kappa shape index (κ1) is 55.6. The van der Waals surface area contributed by atoms with Gasteiger partial charge in [0.05, 0.1) is 0 Å². The molecule has 6 nitrogen and oxygen atoms in total. The molecule has 0 aromatic rings. The fourth-order valence-electron chi connectivity index (χ4n) is 6.40. The summed E-state index contributed by atoms with van der Waals surface area (Å²) < 4.78 is 16.7. The molecule has 0 rings (SSSR count). The average molecular weight is 821 g/mol. The number of unbranched alkanes of at least 4 members (excludes halogenated alkanes) is 22. The summed E-state index contributed by atoms with van der Waals surface area (Å²) in [5.74, 6) is -0.998. The molecule has 0 amide bonds. The van der Waals surface area contributed by atoms with Gasteiger partial charge >= 0.3 is 17.9 Å². The molecule has 0 N–H and O–H groups in total. The zero-order valence-electron chi connectivity index (χ0n) is 38.2. The molecule has 1 atom stereocenters. The topological polar surface area (TPSA) is 78.9 Å². The summed E-state index contributed by atoms with van der Waals surface area (Å²) in [4.78, 5) is 37.8. The summed E-state index contributed by atoms with van der Waals surface area (Å²) in [5, 5.41) is 0. The molecule has 0 aromatic carbocycles. The molecule has 0 fully saturated rings. The third-order valence-electron chi connectivity index (χ3n) is 10.0. The Labute approximate surface area is 363 Å². The maximum atomic E-state index is 12.7. The van der Waals surface area contributed by atoms with Crippen molar-refractivity contribution in [3.05, 3.63) is 85.1 Å². The van der Waals surface area contributed by atoms with Crippen LogP contribution in [0.2, 0.25) is 0 Å². The van der Waals surface area contributed by atoms with Crippen molar-refractivity contribution < 1.29 is 28.6 Å². The molecule has 0 bridgehead atoms. The SMILES string of the molecule is CC/C=C/C=C/C=C/C=C/C=C/CCCC(=O)OC(COC(=O)CCCCCCCC/C=C/C=C/CCCCC)COC(=O)CCCCCCCCCCCCCCC. The van der Waals surface area contributed by atoms with E-state index in [2.05, 4.69) is 51.2 Å². The van der Waals surface area contributed by atoms with E-state index in [-0.39, 0.29) is 37.5 Å². The summed E-state index contributed by atoms with van der Waals surface area (Å²) >= 11 is 0. The largest absolute Gasteiger partial charge is 0.462 e. The van der Waals surface area contributed by atoms with Crippen LogP contribution in [-0.4, -0.2) is 37.2 Å². The summed E-state index contributed by atoms with van der Waals surface area (Å²) in [5.41, 5.74) is 0. The van der Waals surface area contributed by atoms with Crippen molar-refractivity contribution in [3.63, 3.8) is 0 Å². The number of hydrogen-bond acceptors (Lipinski definition) is 6. The van der Waals surface area contributed by atoms with Crippen LogP contribution in [-0.2, 0) is 28.6 Å². The van der Waals surface area contributed by atoms with Gasteiger partial charge in [0.1, 0.15) is 13.2 Å². The van der Waals surface area contributed by atoms with Crippen LogP contribution in [0.4, 0.5) is 0 Å². The zero-order chi connectivity index (χ0) is 43.0. The second-order valence-corrected chi connectivity index (χ2v) is 15.8. The van der Waals surface area contributed by atoms with E-state index in [0.717, 1.165) is 64.2 Å². The van der Waals surface area contributed by atoms with Gasteiger partial charge in [-0.2, -0.15) is 0 Å². The van der Waals surface area contributed by atoms with E-state index >= 15 is 0 Å². The number of carbonyl (C=O) groups excluding carboxylic acids is 3. The van der Waals surface area contributed by atoms with Crippen molar-refractivity contribution in [1.29, 1.82) is 0 Å². The maximum absolute atomic E-state index is 12.7. The minimum atomic E-state index is -0.815. The summed E-state index contributed by atoms with van der Waals surface area (Å²) in [6.07, 6.45) is 60.0. The van der Waals surface area contributed by atoms with Crippen molar-refractivity contribution in [2.24, 2.45) is 0 Å². The highest BCUT2D eigenvalue weighted by molar-refractivity contribution is 5.71. The standard InChI is InChI=1S/C53H88O6/c1-4-7-10-13-16-19-22-25-26-29-31-34-37-40-43-46-52(55)58-49-50(59-53(56)47-44-41-38-35-32-28-24-21-18-15-12-9-6-3)48-57-51(54)45-42-39-36-33-30-27-23-20-17-14-11-8-5-2/h9,12,15-16,18-19,21-22,24-25,28,32,35,38,50H,4-8,10-11,13-14,17,20,23,26-27,29-31,33-34,36-37,39-49H2,1-3H3/b12-9+,18-15+,19-16+,24-21+,25-22+,32-28+,38-35+. The zero-order valence-corrected chi connectivity index (χ0v) is 38.2. The van der Waals surface area contributed by atoms with Crippen LogP contribution >= 0.6 is 0 Å². The lowest BCUT2D eigenvalue weighted by Gasteiger charge is -2.18. The first-order valence-corrected chi connectivity index (χ1v) is 24.2. The van der Waals surface area contributed by atoms with Crippen molar-refractivity contribution in [2.75, 3.05) is 13.2 Å². The number of carbonyl (C=O) groups is 3. The molecule has 59 heavy (non-hydrogen) atoms. The molecule has 0 radical (unpaired) electrons. The van der Waals surface area contributed by atoms with Crippen LogP contribution in [0.1, 0.15) is 213 Å². The van der Waals surface area contributed by atoms with E-state index in [1.807, 2.05) is 54.7 Å². The van der Waals surface area contributed by atoms with Crippen LogP contribution in [0.5, 0.6) is 0 Å². The highest BCUT2D eigenvalue weighted by atomic mass is 16.6. The van der Waals surface area contributed by atoms with Gasteiger partial charge in [-0.25, -0.2) is 0 Å². The van der Waals surface area contributed by atoms with E-state index in [9.17, 15) is 14.4 Å². The molecule has 0 aliphatic carbocycles. The molecule has 0 spiro atoms. The molecular weight excluding hydrogens is 733 g/mol. The molecule has 336 valence electrons. The lowest BCUT2D eigenvalue weighted by atomic mass is 10.0. The number of ether oxygens (including phenoxy) is 3. The molecule has 0 heterocycles. The quantitative estimate of drug-likeness (QED) is 0.0264. The van der Waals surface area contributed by atoms with Gasteiger partial charge in [0.15, 0.2) is 6.10 Å². The predicted molar refractivity (Wildman–Crippen MR) is 251 cm³/mol. The van der Waals surface area contributed by atoms with Gasteiger partial charge in [-0.1, -0.05) is 221 Å². The van der Waals surface area contributed by atoms with E-state index in [1.165, 1.54) is 103 Å². The first-order valence-electron chi connectivity index (χ1n) is 24.2. The normalized spacial score (nSPS) is 12.8. The Morgan fingerprint density at radius 1 is 0.356 bits per heavy atom. The van der Waals surface area contributed by atoms with Gasteiger partial charge < -0.3 is 14.2 Å². The minimum absolute atomic E-state index is 0.108. The van der Waals surface area contributed by atoms with Gasteiger partial charge in [0, 0.05) is 19.3 Å². The van der Waals surface area contributed by atoms with E-state index in [1.54, 1.807) is 0 Å². The molecule has 6 heteroatoms. The van der Waals surface area contributed by atoms with E-state index in [0.29, 0.717) is 19.3 Å². The van der Waals surface area contributed by atoms with E-state index in [4.69, 9.17) is 14.2 Å². The number of rotatable bonds is 42. The second-order valence-electron chi connectivity index (χ2n) is 15.8. The predicted octanol–water partition coefficient (Wildman–Crippen LogP) is 15.6. The van der Waals surface area contributed by atoms with E-state index < -0.39 is 6.10 Å². The monoisotopic (exact) mass is 821 g/mol. The smallest absolute Gasteiger partial charge is 0.306 e. The Morgan fingerprint density at radius 2 is 0.678 bits per heavy atom. The van der Waals surface area contributed by atoms with Gasteiger partial charge in [0.25, 0.3) is 0 Å². The molecule has 0 aromatic heterocycles. The molecule has 0 saturated heterocycles.